The molecule has 1 saturated carbocycles. The summed E-state index contributed by atoms with van der Waals surface area (Å²) in [6, 6.07) is -0.571. The Balaban J connectivity index is 2.47. The van der Waals surface area contributed by atoms with Crippen LogP contribution in [0.4, 0.5) is 8.78 Å². The molecule has 0 bridgehead atoms. The van der Waals surface area contributed by atoms with Gasteiger partial charge in [0.15, 0.2) is 0 Å². The Hall–Kier alpha value is -0.440. The molecule has 0 aromatic heterocycles. The normalized spacial score (nSPS) is 44.0. The third-order valence-corrected chi connectivity index (χ3v) is 7.31. The van der Waals surface area contributed by atoms with Crippen molar-refractivity contribution in [3.05, 3.63) is 0 Å². The van der Waals surface area contributed by atoms with Gasteiger partial charge in [-0.25, -0.2) is 13.1 Å². The Bertz CT molecular complexity index is 420. The zero-order valence-corrected chi connectivity index (χ0v) is 12.5. The number of halogens is 2. The molecule has 2 aliphatic rings. The second-order valence-electron chi connectivity index (χ2n) is 5.86. The minimum Gasteiger partial charge on any atom is -0.396 e. The summed E-state index contributed by atoms with van der Waals surface area (Å²) in [5, 5.41) is 8.38. The van der Waals surface area contributed by atoms with E-state index in [0.29, 0.717) is 0 Å². The van der Waals surface area contributed by atoms with Gasteiger partial charge in [-0.05, 0) is 12.8 Å². The van der Waals surface area contributed by atoms with Crippen LogP contribution >= 0.6 is 10.8 Å². The SMILES string of the molecule is CC(=O)N1[C@H](C)[C@H]2[C@@H](CO)[C@H](C)C(F)(F)C[C@H]2S1(O)O. The molecule has 2 fully saturated rings. The molecule has 1 amide bonds. The Morgan fingerprint density at radius 2 is 1.95 bits per heavy atom. The molecule has 5 atom stereocenters. The number of hydrogen-bond acceptors (Lipinski definition) is 4. The van der Waals surface area contributed by atoms with Crippen LogP contribution in [-0.4, -0.2) is 48.2 Å². The number of hydrogen-bond donors (Lipinski definition) is 3. The smallest absolute Gasteiger partial charge is 0.252 e. The quantitative estimate of drug-likeness (QED) is 0.693. The molecule has 0 aromatic carbocycles. The van der Waals surface area contributed by atoms with Crippen molar-refractivity contribution in [3.63, 3.8) is 0 Å². The van der Waals surface area contributed by atoms with Crippen molar-refractivity contribution >= 4 is 16.7 Å². The largest absolute Gasteiger partial charge is 0.396 e. The van der Waals surface area contributed by atoms with E-state index in [2.05, 4.69) is 0 Å². The highest BCUT2D eigenvalue weighted by molar-refractivity contribution is 8.23. The van der Waals surface area contributed by atoms with Crippen molar-refractivity contribution in [2.75, 3.05) is 6.61 Å². The Morgan fingerprint density at radius 1 is 1.40 bits per heavy atom. The number of fused-ring (bicyclic) bond motifs is 1. The zero-order valence-electron chi connectivity index (χ0n) is 11.7. The third kappa shape index (κ3) is 2.04. The first-order valence-electron chi connectivity index (χ1n) is 6.61. The molecule has 20 heavy (non-hydrogen) atoms. The Kier molecular flexibility index (Phi) is 3.82. The molecule has 5 nitrogen and oxygen atoms in total. The fraction of sp³-hybridized carbons (Fsp3) is 0.917. The van der Waals surface area contributed by atoms with Crippen molar-refractivity contribution in [2.45, 2.75) is 44.4 Å². The van der Waals surface area contributed by atoms with E-state index in [-0.39, 0.29) is 0 Å². The monoisotopic (exact) mass is 313 g/mol. The van der Waals surface area contributed by atoms with Gasteiger partial charge < -0.3 is 5.11 Å². The first kappa shape index (κ1) is 15.9. The highest BCUT2D eigenvalue weighted by Crippen LogP contribution is 2.66. The lowest BCUT2D eigenvalue weighted by Crippen LogP contribution is -2.50. The highest BCUT2D eigenvalue weighted by Gasteiger charge is 2.63. The molecule has 0 unspecified atom stereocenters. The molecule has 0 aromatic rings. The molecule has 1 aliphatic heterocycles. The van der Waals surface area contributed by atoms with E-state index in [4.69, 9.17) is 0 Å². The number of amides is 1. The predicted molar refractivity (Wildman–Crippen MR) is 71.4 cm³/mol. The first-order valence-corrected chi connectivity index (χ1v) is 8.18. The Labute approximate surface area is 118 Å². The summed E-state index contributed by atoms with van der Waals surface area (Å²) >= 11 is 0. The molecule has 0 spiro atoms. The fourth-order valence-corrected chi connectivity index (χ4v) is 6.40. The third-order valence-electron chi connectivity index (χ3n) is 4.85. The first-order chi connectivity index (χ1) is 9.05. The van der Waals surface area contributed by atoms with Crippen molar-refractivity contribution in [3.8, 4) is 0 Å². The van der Waals surface area contributed by atoms with Gasteiger partial charge in [-0.2, -0.15) is 0 Å². The summed E-state index contributed by atoms with van der Waals surface area (Å²) < 4.78 is 49.5. The number of carbonyl (C=O) groups is 1. The highest BCUT2D eigenvalue weighted by atomic mass is 32.3. The Morgan fingerprint density at radius 3 is 2.40 bits per heavy atom. The van der Waals surface area contributed by atoms with E-state index >= 15 is 0 Å². The molecule has 118 valence electrons. The number of carbonyl (C=O) groups excluding carboxylic acids is 1. The lowest BCUT2D eigenvalue weighted by Gasteiger charge is -2.47. The van der Waals surface area contributed by atoms with Gasteiger partial charge in [0.2, 0.25) is 5.91 Å². The van der Waals surface area contributed by atoms with Crippen LogP contribution < -0.4 is 0 Å². The van der Waals surface area contributed by atoms with Gasteiger partial charge in [0.05, 0.1) is 11.3 Å². The van der Waals surface area contributed by atoms with Crippen molar-refractivity contribution in [1.29, 1.82) is 0 Å². The van der Waals surface area contributed by atoms with E-state index < -0.39 is 64.7 Å². The maximum absolute atomic E-state index is 14.0. The summed E-state index contributed by atoms with van der Waals surface area (Å²) in [5.41, 5.74) is 0. The number of aliphatic hydroxyl groups is 1. The van der Waals surface area contributed by atoms with E-state index in [9.17, 15) is 27.8 Å². The van der Waals surface area contributed by atoms with Crippen LogP contribution in [0, 0.1) is 17.8 Å². The van der Waals surface area contributed by atoms with E-state index in [1.807, 2.05) is 0 Å². The number of rotatable bonds is 1. The molecular formula is C12H21F2NO4S. The second kappa shape index (κ2) is 4.79. The van der Waals surface area contributed by atoms with E-state index in [1.165, 1.54) is 13.8 Å². The summed E-state index contributed by atoms with van der Waals surface area (Å²) in [5.74, 6) is -5.96. The van der Waals surface area contributed by atoms with Gasteiger partial charge in [-0.1, -0.05) is 6.92 Å². The molecule has 1 saturated heterocycles. The van der Waals surface area contributed by atoms with Crippen LogP contribution in [0.3, 0.4) is 0 Å². The summed E-state index contributed by atoms with van der Waals surface area (Å²) in [6.45, 7) is 3.73. The number of aliphatic hydroxyl groups excluding tert-OH is 1. The van der Waals surface area contributed by atoms with E-state index in [1.54, 1.807) is 6.92 Å². The van der Waals surface area contributed by atoms with Gasteiger partial charge >= 0.3 is 0 Å². The van der Waals surface area contributed by atoms with Crippen LogP contribution in [0.1, 0.15) is 27.2 Å². The molecule has 1 aliphatic carbocycles. The van der Waals surface area contributed by atoms with E-state index in [0.717, 1.165) is 4.31 Å². The average Bonchev–Trinajstić information content (AvgIpc) is 2.48. The lowest BCUT2D eigenvalue weighted by molar-refractivity contribution is -0.133. The zero-order chi connectivity index (χ0) is 15.5. The van der Waals surface area contributed by atoms with Crippen molar-refractivity contribution < 1.29 is 27.8 Å². The van der Waals surface area contributed by atoms with Crippen molar-refractivity contribution in [2.24, 2.45) is 17.8 Å². The molecule has 0 radical (unpaired) electrons. The maximum Gasteiger partial charge on any atom is 0.252 e. The standard InChI is InChI=1S/C12H21F2NO4S/c1-6-9(5-16)11-7(2)15(8(3)17)20(18,19)10(11)4-12(6,13)14/h6-7,9-11,16,18-19H,4-5H2,1-3H3/t6-,7+,9-,10+,11-/m0/s1. The lowest BCUT2D eigenvalue weighted by atomic mass is 9.68. The maximum atomic E-state index is 14.0. The predicted octanol–water partition coefficient (Wildman–Crippen LogP) is 2.17. The fourth-order valence-electron chi connectivity index (χ4n) is 3.81. The van der Waals surface area contributed by atoms with Crippen LogP contribution in [0.2, 0.25) is 0 Å². The molecule has 3 N–H and O–H groups in total. The molecule has 1 heterocycles. The summed E-state index contributed by atoms with van der Waals surface area (Å²) in [7, 11) is -3.58. The van der Waals surface area contributed by atoms with Gasteiger partial charge in [0, 0.05) is 31.8 Å². The summed E-state index contributed by atoms with van der Waals surface area (Å²) in [6.07, 6.45) is -0.661. The van der Waals surface area contributed by atoms with Gasteiger partial charge in [-0.15, -0.1) is 10.8 Å². The van der Waals surface area contributed by atoms with Crippen LogP contribution in [-0.2, 0) is 4.79 Å². The molecule has 2 rings (SSSR count). The number of alkyl halides is 2. The average molecular weight is 313 g/mol. The van der Waals surface area contributed by atoms with Gasteiger partial charge in [-0.3, -0.25) is 13.9 Å². The topological polar surface area (TPSA) is 81.0 Å². The van der Waals surface area contributed by atoms with Crippen LogP contribution in [0.5, 0.6) is 0 Å². The minimum absolute atomic E-state index is 0.455. The van der Waals surface area contributed by atoms with Crippen LogP contribution in [0.15, 0.2) is 0 Å². The minimum atomic E-state index is -3.58. The molecular weight excluding hydrogens is 292 g/mol. The van der Waals surface area contributed by atoms with Gasteiger partial charge in [0.1, 0.15) is 0 Å². The van der Waals surface area contributed by atoms with Crippen molar-refractivity contribution in [1.82, 2.24) is 4.31 Å². The second-order valence-corrected chi connectivity index (χ2v) is 7.98. The van der Waals surface area contributed by atoms with Crippen LogP contribution in [0.25, 0.3) is 0 Å². The number of nitrogens with zero attached hydrogens (tertiary/aromatic N) is 1. The van der Waals surface area contributed by atoms with Gasteiger partial charge in [0.25, 0.3) is 5.92 Å². The summed E-state index contributed by atoms with van der Waals surface area (Å²) in [4.78, 5) is 11.6. The molecule has 8 heteroatoms.